The molecule has 0 saturated carbocycles. The number of quaternary nitrogens is 1. The van der Waals surface area contributed by atoms with Gasteiger partial charge in [-0.1, -0.05) is 23.5 Å². The van der Waals surface area contributed by atoms with E-state index in [4.69, 9.17) is 4.74 Å². The molecule has 2 heterocycles. The Labute approximate surface area is 173 Å². The van der Waals surface area contributed by atoms with Crippen molar-refractivity contribution in [2.45, 2.75) is 6.54 Å². The number of para-hydroxylation sites is 1. The predicted molar refractivity (Wildman–Crippen MR) is 113 cm³/mol. The number of rotatable bonds is 6. The highest BCUT2D eigenvalue weighted by molar-refractivity contribution is 7.20. The summed E-state index contributed by atoms with van der Waals surface area (Å²) in [6.45, 7) is 3.48. The number of piperazine rings is 1. The Balaban J connectivity index is 1.49. The molecule has 2 aromatic carbocycles. The molecule has 1 saturated heterocycles. The van der Waals surface area contributed by atoms with Gasteiger partial charge >= 0.3 is 0 Å². The molecule has 1 aliphatic rings. The zero-order valence-electron chi connectivity index (χ0n) is 16.4. The maximum Gasteiger partial charge on any atom is 0.293 e. The quantitative estimate of drug-likeness (QED) is 0.607. The van der Waals surface area contributed by atoms with Crippen LogP contribution in [-0.2, 0) is 11.3 Å². The molecule has 3 aromatic rings. The number of benzene rings is 2. The molecule has 8 heteroatoms. The molecular formula is C21H25N4O3S+. The van der Waals surface area contributed by atoms with Gasteiger partial charge in [-0.2, -0.15) is 5.01 Å². The molecule has 1 aromatic heterocycles. The molecule has 4 rings (SSSR count). The zero-order valence-corrected chi connectivity index (χ0v) is 17.2. The van der Waals surface area contributed by atoms with Gasteiger partial charge in [0.05, 0.1) is 17.3 Å². The Morgan fingerprint density at radius 2 is 1.93 bits per heavy atom. The van der Waals surface area contributed by atoms with E-state index in [1.54, 1.807) is 12.1 Å². The summed E-state index contributed by atoms with van der Waals surface area (Å²) in [7, 11) is 1.77. The Morgan fingerprint density at radius 1 is 1.21 bits per heavy atom. The van der Waals surface area contributed by atoms with Crippen molar-refractivity contribution in [3.8, 4) is 10.9 Å². The summed E-state index contributed by atoms with van der Waals surface area (Å²) >= 11 is 1.52. The fourth-order valence-electron chi connectivity index (χ4n) is 3.71. The van der Waals surface area contributed by atoms with Gasteiger partial charge in [0.25, 0.3) is 11.1 Å². The largest absolute Gasteiger partial charge is 0.431 e. The second kappa shape index (κ2) is 8.46. The van der Waals surface area contributed by atoms with Crippen LogP contribution in [-0.4, -0.2) is 65.4 Å². The highest BCUT2D eigenvalue weighted by Crippen LogP contribution is 2.31. The molecule has 0 aliphatic carbocycles. The molecule has 1 fully saturated rings. The minimum absolute atomic E-state index is 0.261. The number of hydrogen-bond acceptors (Lipinski definition) is 6. The molecule has 0 bridgehead atoms. The van der Waals surface area contributed by atoms with Crippen molar-refractivity contribution >= 4 is 27.5 Å². The molecule has 2 N–H and O–H groups in total. The van der Waals surface area contributed by atoms with Crippen LogP contribution < -0.4 is 10.1 Å². The van der Waals surface area contributed by atoms with Crippen LogP contribution in [0, 0.1) is 0 Å². The van der Waals surface area contributed by atoms with Crippen LogP contribution in [0.5, 0.6) is 10.9 Å². The summed E-state index contributed by atoms with van der Waals surface area (Å²) in [4.78, 5) is 16.7. The number of thiazole rings is 1. The van der Waals surface area contributed by atoms with Crippen LogP contribution in [0.4, 0.5) is 0 Å². The third kappa shape index (κ3) is 4.25. The van der Waals surface area contributed by atoms with Crippen LogP contribution in [0.1, 0.15) is 5.56 Å². The van der Waals surface area contributed by atoms with Crippen LogP contribution in [0.25, 0.3) is 10.2 Å². The van der Waals surface area contributed by atoms with Gasteiger partial charge in [-0.25, -0.2) is 9.58 Å². The highest BCUT2D eigenvalue weighted by Gasteiger charge is 2.37. The zero-order chi connectivity index (χ0) is 20.3. The second-order valence-electron chi connectivity index (χ2n) is 7.22. The number of aliphatic hydroxyl groups is 1. The summed E-state index contributed by atoms with van der Waals surface area (Å²) < 4.78 is 7.53. The Morgan fingerprint density at radius 3 is 2.62 bits per heavy atom. The molecule has 29 heavy (non-hydrogen) atoms. The van der Waals surface area contributed by atoms with E-state index in [1.165, 1.54) is 11.3 Å². The van der Waals surface area contributed by atoms with E-state index in [-0.39, 0.29) is 5.91 Å². The minimum atomic E-state index is -0.473. The summed E-state index contributed by atoms with van der Waals surface area (Å²) in [6.07, 6.45) is 0. The molecule has 0 radical (unpaired) electrons. The first-order chi connectivity index (χ1) is 14.1. The van der Waals surface area contributed by atoms with Gasteiger partial charge in [0.1, 0.15) is 32.0 Å². The third-order valence-corrected chi connectivity index (χ3v) is 6.34. The average molecular weight is 414 g/mol. The van der Waals surface area contributed by atoms with E-state index in [2.05, 4.69) is 10.3 Å². The van der Waals surface area contributed by atoms with E-state index in [0.29, 0.717) is 16.3 Å². The third-order valence-electron chi connectivity index (χ3n) is 5.42. The van der Waals surface area contributed by atoms with Crippen LogP contribution in [0.2, 0.25) is 0 Å². The first kappa shape index (κ1) is 19.8. The number of amides is 1. The lowest BCUT2D eigenvalue weighted by atomic mass is 10.1. The lowest BCUT2D eigenvalue weighted by Gasteiger charge is -2.46. The lowest BCUT2D eigenvalue weighted by molar-refractivity contribution is -1.03. The second-order valence-corrected chi connectivity index (χ2v) is 8.21. The van der Waals surface area contributed by atoms with Crippen molar-refractivity contribution in [3.05, 3.63) is 54.1 Å². The number of carbonyl (C=O) groups is 1. The van der Waals surface area contributed by atoms with Gasteiger partial charge in [0.2, 0.25) is 0 Å². The summed E-state index contributed by atoms with van der Waals surface area (Å²) in [6, 6.07) is 15.9. The summed E-state index contributed by atoms with van der Waals surface area (Å²) in [5.41, 5.74) is 2.05. The van der Waals surface area contributed by atoms with Crippen molar-refractivity contribution in [2.24, 2.45) is 0 Å². The topological polar surface area (TPSA) is 74.7 Å². The number of ether oxygens (including phenoxy) is 1. The number of aromatic nitrogens is 1. The van der Waals surface area contributed by atoms with Gasteiger partial charge in [-0.05, 0) is 36.4 Å². The van der Waals surface area contributed by atoms with Crippen molar-refractivity contribution in [2.75, 3.05) is 39.8 Å². The fraction of sp³-hybridized carbons (Fsp3) is 0.333. The van der Waals surface area contributed by atoms with Gasteiger partial charge in [0.15, 0.2) is 0 Å². The molecule has 1 amide bonds. The summed E-state index contributed by atoms with van der Waals surface area (Å²) in [5.74, 6) is 0.474. The van der Waals surface area contributed by atoms with Crippen molar-refractivity contribution in [1.82, 2.24) is 15.3 Å². The lowest BCUT2D eigenvalue weighted by Crippen LogP contribution is -2.67. The maximum absolute atomic E-state index is 12.2. The number of nitrogens with zero attached hydrogens (tertiary/aromatic N) is 3. The average Bonchev–Trinajstić information content (AvgIpc) is 3.17. The number of likely N-dealkylation sites (N-methyl/N-ethyl adjacent to an activating group) is 1. The van der Waals surface area contributed by atoms with Crippen molar-refractivity contribution < 1.29 is 19.2 Å². The molecule has 0 spiro atoms. The van der Waals surface area contributed by atoms with E-state index >= 15 is 0 Å². The van der Waals surface area contributed by atoms with Crippen LogP contribution in [0.3, 0.4) is 0 Å². The molecular weight excluding hydrogens is 388 g/mol. The van der Waals surface area contributed by atoms with Crippen molar-refractivity contribution in [3.63, 3.8) is 0 Å². The van der Waals surface area contributed by atoms with E-state index in [1.807, 2.05) is 48.5 Å². The van der Waals surface area contributed by atoms with Crippen LogP contribution >= 0.6 is 11.3 Å². The number of carbonyl (C=O) groups excluding carboxylic acids is 1. The number of hydrogen-bond donors (Lipinski definition) is 2. The Kier molecular flexibility index (Phi) is 5.77. The number of nitrogens with one attached hydrogen (secondary N) is 1. The van der Waals surface area contributed by atoms with Gasteiger partial charge in [-0.15, -0.1) is 0 Å². The first-order valence-electron chi connectivity index (χ1n) is 9.67. The SMILES string of the molecule is CN(C(=O)CO)[N+]1(Cc2ccc(Oc3nc4ccccc4s3)cc2)CCNCC1. The van der Waals surface area contributed by atoms with Gasteiger partial charge < -0.3 is 15.2 Å². The van der Waals surface area contributed by atoms with E-state index < -0.39 is 6.61 Å². The molecule has 1 aliphatic heterocycles. The number of fused-ring (bicyclic) bond motifs is 1. The van der Waals surface area contributed by atoms with Crippen LogP contribution in [0.15, 0.2) is 48.5 Å². The highest BCUT2D eigenvalue weighted by atomic mass is 32.1. The standard InChI is InChI=1S/C21H25N4O3S/c1-24(20(27)15-26)25(12-10-22-11-13-25)14-16-6-8-17(9-7-16)28-21-23-18-4-2-3-5-19(18)29-21/h2-9,22,26H,10-15H2,1H3/q+1. The van der Waals surface area contributed by atoms with E-state index in [0.717, 1.165) is 47.7 Å². The molecule has 7 nitrogen and oxygen atoms in total. The van der Waals surface area contributed by atoms with Gasteiger partial charge in [0, 0.05) is 18.7 Å². The Bertz CT molecular complexity index is 950. The van der Waals surface area contributed by atoms with Gasteiger partial charge in [-0.3, -0.25) is 4.79 Å². The molecule has 0 atom stereocenters. The normalized spacial score (nSPS) is 15.9. The molecule has 152 valence electrons. The fourth-order valence-corrected chi connectivity index (χ4v) is 4.55. The number of aliphatic hydroxyl groups excluding tert-OH is 1. The first-order valence-corrected chi connectivity index (χ1v) is 10.5. The minimum Gasteiger partial charge on any atom is -0.431 e. The monoisotopic (exact) mass is 413 g/mol. The smallest absolute Gasteiger partial charge is 0.293 e. The maximum atomic E-state index is 12.2. The Hall–Kier alpha value is -2.52. The van der Waals surface area contributed by atoms with E-state index in [9.17, 15) is 9.90 Å². The van der Waals surface area contributed by atoms with Crippen molar-refractivity contribution in [1.29, 1.82) is 0 Å². The molecule has 0 unspecified atom stereocenters. The predicted octanol–water partition coefficient (Wildman–Crippen LogP) is 2.37. The summed E-state index contributed by atoms with van der Waals surface area (Å²) in [5, 5.41) is 14.9.